The summed E-state index contributed by atoms with van der Waals surface area (Å²) in [6.45, 7) is 17.4. The average Bonchev–Trinajstić information content (AvgIpc) is 2.87. The lowest BCUT2D eigenvalue weighted by atomic mass is 9.90. The molecule has 3 heteroatoms. The Hall–Kier alpha value is -2.94. The maximum absolute atomic E-state index is 9.46. The Kier molecular flexibility index (Phi) is 9.87. The third-order valence-electron chi connectivity index (χ3n) is 7.47. The molecule has 1 unspecified atom stereocenters. The molecule has 1 atom stereocenters. The highest BCUT2D eigenvalue weighted by molar-refractivity contribution is 5.68. The van der Waals surface area contributed by atoms with Gasteiger partial charge in [0.05, 0.1) is 11.7 Å². The SMILES string of the molecule is C=C(CC1=CC=C(C)CC1)C/C(=C\C)c1c(C)nc(CCCC)n(C(C)c2ccccc2CC)c1=N. The second-order valence-corrected chi connectivity index (χ2v) is 10.3. The number of aryl methyl sites for hydroxylation is 3. The third kappa shape index (κ3) is 6.43. The lowest BCUT2D eigenvalue weighted by Crippen LogP contribution is -2.32. The Bertz CT molecular complexity index is 1240. The highest BCUT2D eigenvalue weighted by Gasteiger charge is 2.21. The topological polar surface area (TPSA) is 41.7 Å². The number of nitrogens with one attached hydrogen (secondary N) is 1. The zero-order valence-electron chi connectivity index (χ0n) is 23.4. The molecular weight excluding hydrogens is 438 g/mol. The van der Waals surface area contributed by atoms with Gasteiger partial charge in [-0.05, 0) is 82.9 Å². The van der Waals surface area contributed by atoms with E-state index in [1.165, 1.54) is 27.8 Å². The molecule has 0 amide bonds. The molecule has 0 bridgehead atoms. The van der Waals surface area contributed by atoms with E-state index in [1.54, 1.807) is 0 Å². The fraction of sp³-hybridized carbons (Fsp3) is 0.455. The Morgan fingerprint density at radius 2 is 1.92 bits per heavy atom. The predicted octanol–water partition coefficient (Wildman–Crippen LogP) is 8.59. The normalized spacial score (nSPS) is 14.9. The highest BCUT2D eigenvalue weighted by Crippen LogP contribution is 2.30. The minimum Gasteiger partial charge on any atom is -0.307 e. The van der Waals surface area contributed by atoms with Crippen molar-refractivity contribution in [3.63, 3.8) is 0 Å². The van der Waals surface area contributed by atoms with Crippen molar-refractivity contribution >= 4 is 5.57 Å². The van der Waals surface area contributed by atoms with Gasteiger partial charge < -0.3 is 4.57 Å². The molecule has 1 aromatic heterocycles. The number of rotatable bonds is 11. The largest absolute Gasteiger partial charge is 0.307 e. The standard InChI is InChI=1S/C33H45N3/c1-8-11-16-31-35-25(6)32(29(10-3)22-24(5)21-27-19-17-23(4)18-20-27)33(34)36(31)26(7)30-15-13-12-14-28(30)9-2/h10,12-15,17,19,26,34H,5,8-9,11,16,18,20-22H2,1-4,6-7H3/b29-10+,34-33?. The molecule has 0 fully saturated rings. The highest BCUT2D eigenvalue weighted by atomic mass is 15.1. The van der Waals surface area contributed by atoms with Crippen LogP contribution in [0.1, 0.15) is 107 Å². The number of nitrogens with zero attached hydrogens (tertiary/aromatic N) is 2. The van der Waals surface area contributed by atoms with Crippen LogP contribution in [0.2, 0.25) is 0 Å². The van der Waals surface area contributed by atoms with E-state index in [-0.39, 0.29) is 6.04 Å². The van der Waals surface area contributed by atoms with E-state index in [2.05, 4.69) is 95.2 Å². The molecule has 1 aliphatic rings. The Morgan fingerprint density at radius 1 is 1.17 bits per heavy atom. The molecule has 36 heavy (non-hydrogen) atoms. The van der Waals surface area contributed by atoms with Gasteiger partial charge in [-0.3, -0.25) is 5.41 Å². The van der Waals surface area contributed by atoms with Crippen LogP contribution in [-0.2, 0) is 12.8 Å². The molecule has 192 valence electrons. The van der Waals surface area contributed by atoms with Crippen molar-refractivity contribution in [2.75, 3.05) is 0 Å². The van der Waals surface area contributed by atoms with Crippen LogP contribution in [0, 0.1) is 12.3 Å². The molecule has 0 aliphatic heterocycles. The van der Waals surface area contributed by atoms with Gasteiger partial charge in [0.25, 0.3) is 0 Å². The van der Waals surface area contributed by atoms with Crippen LogP contribution in [0.15, 0.2) is 65.8 Å². The summed E-state index contributed by atoms with van der Waals surface area (Å²) in [6, 6.07) is 8.70. The zero-order valence-corrected chi connectivity index (χ0v) is 23.4. The van der Waals surface area contributed by atoms with Gasteiger partial charge in [-0.1, -0.05) is 86.1 Å². The van der Waals surface area contributed by atoms with Crippen LogP contribution in [0.25, 0.3) is 5.57 Å². The zero-order chi connectivity index (χ0) is 26.2. The summed E-state index contributed by atoms with van der Waals surface area (Å²) in [5.41, 5.74) is 10.4. The summed E-state index contributed by atoms with van der Waals surface area (Å²) < 4.78 is 2.19. The first-order valence-corrected chi connectivity index (χ1v) is 13.7. The summed E-state index contributed by atoms with van der Waals surface area (Å²) in [6.07, 6.45) is 14.7. The van der Waals surface area contributed by atoms with E-state index in [0.29, 0.717) is 5.49 Å². The third-order valence-corrected chi connectivity index (χ3v) is 7.47. The monoisotopic (exact) mass is 483 g/mol. The van der Waals surface area contributed by atoms with Gasteiger partial charge in [0.2, 0.25) is 0 Å². The Balaban J connectivity index is 2.02. The first kappa shape index (κ1) is 27.6. The van der Waals surface area contributed by atoms with E-state index in [0.717, 1.165) is 74.0 Å². The van der Waals surface area contributed by atoms with Crippen molar-refractivity contribution in [1.29, 1.82) is 5.41 Å². The van der Waals surface area contributed by atoms with Gasteiger partial charge >= 0.3 is 0 Å². The van der Waals surface area contributed by atoms with E-state index in [4.69, 9.17) is 4.98 Å². The van der Waals surface area contributed by atoms with Crippen LogP contribution < -0.4 is 5.49 Å². The second kappa shape index (κ2) is 12.9. The maximum atomic E-state index is 9.46. The van der Waals surface area contributed by atoms with Crippen molar-refractivity contribution in [3.8, 4) is 0 Å². The molecule has 0 spiro atoms. The predicted molar refractivity (Wildman–Crippen MR) is 154 cm³/mol. The van der Waals surface area contributed by atoms with E-state index in [1.807, 2.05) is 0 Å². The fourth-order valence-electron chi connectivity index (χ4n) is 5.36. The molecule has 1 aromatic carbocycles. The Morgan fingerprint density at radius 3 is 2.56 bits per heavy atom. The van der Waals surface area contributed by atoms with Crippen molar-refractivity contribution in [1.82, 2.24) is 9.55 Å². The minimum absolute atomic E-state index is 0.0519. The number of aromatic nitrogens is 2. The number of hydrogen-bond acceptors (Lipinski definition) is 2. The van der Waals surface area contributed by atoms with E-state index < -0.39 is 0 Å². The van der Waals surface area contributed by atoms with E-state index in [9.17, 15) is 5.41 Å². The van der Waals surface area contributed by atoms with Gasteiger partial charge in [-0.25, -0.2) is 4.98 Å². The summed E-state index contributed by atoms with van der Waals surface area (Å²) in [4.78, 5) is 5.13. The van der Waals surface area contributed by atoms with Gasteiger partial charge in [0.15, 0.2) is 0 Å². The molecule has 0 saturated heterocycles. The molecule has 3 rings (SSSR count). The number of allylic oxidation sites excluding steroid dienone is 7. The fourth-order valence-corrected chi connectivity index (χ4v) is 5.36. The first-order chi connectivity index (χ1) is 17.3. The van der Waals surface area contributed by atoms with Crippen molar-refractivity contribution in [2.45, 2.75) is 99.0 Å². The van der Waals surface area contributed by atoms with Crippen molar-refractivity contribution in [2.24, 2.45) is 0 Å². The van der Waals surface area contributed by atoms with Gasteiger partial charge in [-0.15, -0.1) is 0 Å². The first-order valence-electron chi connectivity index (χ1n) is 13.7. The van der Waals surface area contributed by atoms with Crippen molar-refractivity contribution in [3.05, 3.63) is 99.5 Å². The summed E-state index contributed by atoms with van der Waals surface area (Å²) in [7, 11) is 0. The Labute approximate surface area is 218 Å². The smallest absolute Gasteiger partial charge is 0.136 e. The number of unbranched alkanes of at least 4 members (excludes halogenated alkanes) is 1. The molecule has 2 aromatic rings. The molecule has 1 aliphatic carbocycles. The van der Waals surface area contributed by atoms with Crippen molar-refractivity contribution < 1.29 is 0 Å². The van der Waals surface area contributed by atoms with Crippen LogP contribution in [-0.4, -0.2) is 9.55 Å². The lowest BCUT2D eigenvalue weighted by molar-refractivity contribution is 0.533. The van der Waals surface area contributed by atoms with Crippen LogP contribution in [0.4, 0.5) is 0 Å². The summed E-state index contributed by atoms with van der Waals surface area (Å²) >= 11 is 0. The minimum atomic E-state index is 0.0519. The number of hydrogen-bond donors (Lipinski definition) is 1. The second-order valence-electron chi connectivity index (χ2n) is 10.3. The molecule has 0 radical (unpaired) electrons. The van der Waals surface area contributed by atoms with Crippen LogP contribution in [0.5, 0.6) is 0 Å². The lowest BCUT2D eigenvalue weighted by Gasteiger charge is -2.25. The quantitative estimate of drug-likeness (QED) is 0.319. The van der Waals surface area contributed by atoms with Gasteiger partial charge in [0.1, 0.15) is 11.3 Å². The van der Waals surface area contributed by atoms with Crippen LogP contribution >= 0.6 is 0 Å². The maximum Gasteiger partial charge on any atom is 0.136 e. The number of benzene rings is 1. The summed E-state index contributed by atoms with van der Waals surface area (Å²) in [5, 5.41) is 9.46. The molecule has 0 saturated carbocycles. The van der Waals surface area contributed by atoms with Gasteiger partial charge in [-0.2, -0.15) is 0 Å². The summed E-state index contributed by atoms with van der Waals surface area (Å²) in [5.74, 6) is 1.02. The van der Waals surface area contributed by atoms with Gasteiger partial charge in [0, 0.05) is 12.0 Å². The molecule has 3 nitrogen and oxygen atoms in total. The van der Waals surface area contributed by atoms with E-state index >= 15 is 0 Å². The molecule has 1 heterocycles. The molecular formula is C33H45N3. The van der Waals surface area contributed by atoms with Crippen LogP contribution in [0.3, 0.4) is 0 Å². The average molecular weight is 484 g/mol. The molecule has 1 N–H and O–H groups in total.